The third-order valence-corrected chi connectivity index (χ3v) is 26.5. The summed E-state index contributed by atoms with van der Waals surface area (Å²) in [5.41, 5.74) is 12.1. The first-order chi connectivity index (χ1) is 40.3. The van der Waals surface area contributed by atoms with Gasteiger partial charge in [-0.2, -0.15) is 0 Å². The summed E-state index contributed by atoms with van der Waals surface area (Å²) < 4.78 is 46.8. The van der Waals surface area contributed by atoms with E-state index in [4.69, 9.17) is 4.11 Å². The van der Waals surface area contributed by atoms with E-state index < -0.39 is 22.2 Å². The van der Waals surface area contributed by atoms with Gasteiger partial charge < -0.3 is 4.57 Å². The van der Waals surface area contributed by atoms with Crippen LogP contribution in [0, 0.1) is 0 Å². The lowest BCUT2D eigenvalue weighted by Gasteiger charge is -2.47. The average molecular weight is 1020 g/mol. The third-order valence-electron chi connectivity index (χ3n) is 16.9. The van der Waals surface area contributed by atoms with Gasteiger partial charge in [0.05, 0.1) is 23.6 Å². The molecule has 0 amide bonds. The lowest BCUT2D eigenvalue weighted by molar-refractivity contribution is 0.752. The highest BCUT2D eigenvalue weighted by molar-refractivity contribution is 7.20. The fourth-order valence-corrected chi connectivity index (χ4v) is 23.8. The molecule has 12 aromatic carbocycles. The monoisotopic (exact) mass is 1020 g/mol. The smallest absolute Gasteiger partial charge is 0.179 e. The van der Waals surface area contributed by atoms with Crippen LogP contribution in [0.25, 0.3) is 38.6 Å². The van der Waals surface area contributed by atoms with Crippen molar-refractivity contribution in [2.75, 3.05) is 0 Å². The van der Waals surface area contributed by atoms with Crippen molar-refractivity contribution >= 4 is 79.4 Å². The van der Waals surface area contributed by atoms with Crippen molar-refractivity contribution in [3.05, 3.63) is 343 Å². The molecule has 0 aliphatic heterocycles. The van der Waals surface area contributed by atoms with Crippen molar-refractivity contribution in [1.29, 1.82) is 0 Å². The number of fused-ring (bicyclic) bond motifs is 3. The lowest BCUT2D eigenvalue weighted by atomic mass is 9.60. The van der Waals surface area contributed by atoms with Crippen molar-refractivity contribution in [3.8, 4) is 16.8 Å². The predicted molar refractivity (Wildman–Crippen MR) is 328 cm³/mol. The fraction of sp³-hybridized carbons (Fsp3) is 0.0270. The maximum Gasteiger partial charge on any atom is 0.179 e. The van der Waals surface area contributed by atoms with Crippen LogP contribution in [0.3, 0.4) is 0 Å². The van der Waals surface area contributed by atoms with Crippen molar-refractivity contribution in [1.82, 2.24) is 4.57 Å². The molecule has 0 radical (unpaired) electrons. The molecule has 16 rings (SSSR count). The molecular weight excluding hydrogens is 959 g/mol. The zero-order chi connectivity index (χ0) is 55.3. The van der Waals surface area contributed by atoms with Crippen LogP contribution in [-0.2, 0) is 0 Å². The molecule has 1 nitrogen and oxygen atoms in total. The van der Waals surface area contributed by atoms with E-state index in [0.29, 0.717) is 5.56 Å². The Morgan fingerprint density at radius 1 is 0.299 bits per heavy atom. The van der Waals surface area contributed by atoms with Gasteiger partial charge in [0.15, 0.2) is 16.1 Å². The Hall–Kier alpha value is -9.13. The van der Waals surface area contributed by atoms with Crippen LogP contribution >= 0.6 is 0 Å². The lowest BCUT2D eigenvalue weighted by Crippen LogP contribution is -2.75. The molecular formula is C74H53NSi2. The van der Waals surface area contributed by atoms with Gasteiger partial charge in [-0.3, -0.25) is 0 Å². The maximum atomic E-state index is 9.17. The Labute approximate surface area is 459 Å². The average Bonchev–Trinajstić information content (AvgIpc) is 1.18. The van der Waals surface area contributed by atoms with E-state index in [0.717, 1.165) is 21.9 Å². The zero-order valence-corrected chi connectivity index (χ0v) is 44.2. The molecule has 0 saturated carbocycles. The van der Waals surface area contributed by atoms with E-state index in [-0.39, 0.29) is 41.6 Å². The van der Waals surface area contributed by atoms with Gasteiger partial charge >= 0.3 is 0 Å². The molecule has 0 N–H and O–H groups in total. The van der Waals surface area contributed by atoms with Gasteiger partial charge in [0.1, 0.15) is 0 Å². The molecule has 2 unspecified atom stereocenters. The van der Waals surface area contributed by atoms with Crippen LogP contribution in [0.4, 0.5) is 0 Å². The standard InChI is InChI=1S/C74H53NSi2/c1-7-26-52(27-8-1)53-28-23-39-59(50-53)77(57-35-15-5-16-36-57,58-37-17-6-18-38-58)70-47-25-44-65-71-62-41-19-20-42-63(62)74(73(65)70)72-64(71)43-24-46-69(72)75-67-45-22-21-40-61(67)66-51-60(48-49-68(66)75)76(54-29-9-2-10-30-54,55-31-11-3-12-32-55)56-33-13-4-14-34-56/h1-51,71,74H/i1D,7D,8D,26D,27D. The SMILES string of the molecule is [2H]c1c([2H])c([2H])c(-c2cccc([Si](c3ccccc3)(c3ccccc3)c3cccc4c3C3c5ccccc5C4c4cccc(-n5c6ccccc6c6cc([Si](c7ccccc7)(c7ccccc7)c7ccccc7)ccc65)c43)c2)c([2H])c1[2H]. The third kappa shape index (κ3) is 6.77. The number of benzene rings is 12. The summed E-state index contributed by atoms with van der Waals surface area (Å²) in [4.78, 5) is 0. The molecule has 2 atom stereocenters. The number of hydrogen-bond donors (Lipinski definition) is 0. The minimum absolute atomic E-state index is 0.0595. The first-order valence-electron chi connectivity index (χ1n) is 29.2. The molecule has 3 aliphatic rings. The van der Waals surface area contributed by atoms with E-state index in [2.05, 4.69) is 271 Å². The summed E-state index contributed by atoms with van der Waals surface area (Å²) >= 11 is 0. The normalized spacial score (nSPS) is 15.4. The quantitative estimate of drug-likeness (QED) is 0.0950. The second-order valence-corrected chi connectivity index (χ2v) is 28.2. The first-order valence-corrected chi connectivity index (χ1v) is 30.7. The summed E-state index contributed by atoms with van der Waals surface area (Å²) in [5.74, 6) is -0.234. The van der Waals surface area contributed by atoms with Crippen molar-refractivity contribution in [3.63, 3.8) is 0 Å². The Kier molecular flexibility index (Phi) is 9.57. The van der Waals surface area contributed by atoms with Gasteiger partial charge in [0, 0.05) is 22.6 Å². The van der Waals surface area contributed by atoms with Crippen LogP contribution in [0.2, 0.25) is 0 Å². The van der Waals surface area contributed by atoms with Gasteiger partial charge in [0.2, 0.25) is 0 Å². The highest BCUT2D eigenvalue weighted by Gasteiger charge is 2.50. The van der Waals surface area contributed by atoms with Crippen LogP contribution in [0.1, 0.15) is 52.1 Å². The summed E-state index contributed by atoms with van der Waals surface area (Å²) in [7, 11) is -6.31. The minimum atomic E-state index is -3.43. The highest BCUT2D eigenvalue weighted by Crippen LogP contribution is 2.57. The Bertz CT molecular complexity index is 4480. The van der Waals surface area contributed by atoms with Crippen LogP contribution in [0.5, 0.6) is 0 Å². The molecule has 77 heavy (non-hydrogen) atoms. The molecule has 362 valence electrons. The van der Waals surface area contributed by atoms with Gasteiger partial charge in [-0.15, -0.1) is 0 Å². The summed E-state index contributed by atoms with van der Waals surface area (Å²) in [6.07, 6.45) is 0. The maximum absolute atomic E-state index is 9.17. The summed E-state index contributed by atoms with van der Waals surface area (Å²) in [6, 6.07) is 102. The largest absolute Gasteiger partial charge is 0.309 e. The van der Waals surface area contributed by atoms with E-state index in [1.807, 2.05) is 12.1 Å². The molecule has 2 bridgehead atoms. The predicted octanol–water partition coefficient (Wildman–Crippen LogP) is 12.2. The molecule has 1 heterocycles. The Morgan fingerprint density at radius 3 is 1.36 bits per heavy atom. The molecule has 3 heteroatoms. The number of nitrogens with zero attached hydrogens (tertiary/aromatic N) is 1. The number of hydrogen-bond acceptors (Lipinski definition) is 0. The molecule has 1 aromatic heterocycles. The summed E-state index contributed by atoms with van der Waals surface area (Å²) in [5, 5.41) is 12.5. The van der Waals surface area contributed by atoms with Crippen LogP contribution in [-0.4, -0.2) is 20.7 Å². The highest BCUT2D eigenvalue weighted by atomic mass is 28.3. The van der Waals surface area contributed by atoms with Crippen molar-refractivity contribution < 1.29 is 6.85 Å². The van der Waals surface area contributed by atoms with Crippen molar-refractivity contribution in [2.45, 2.75) is 11.8 Å². The van der Waals surface area contributed by atoms with Crippen LogP contribution in [0.15, 0.2) is 309 Å². The van der Waals surface area contributed by atoms with Crippen LogP contribution < -0.4 is 41.5 Å². The fourth-order valence-electron chi connectivity index (χ4n) is 14.0. The van der Waals surface area contributed by atoms with E-state index >= 15 is 0 Å². The van der Waals surface area contributed by atoms with E-state index in [1.165, 1.54) is 80.5 Å². The second kappa shape index (κ2) is 18.3. The van der Waals surface area contributed by atoms with E-state index in [1.54, 1.807) is 0 Å². The molecule has 0 saturated heterocycles. The molecule has 13 aromatic rings. The molecule has 0 fully saturated rings. The Morgan fingerprint density at radius 2 is 0.753 bits per heavy atom. The number of aromatic nitrogens is 1. The van der Waals surface area contributed by atoms with Gasteiger partial charge in [-0.1, -0.05) is 291 Å². The van der Waals surface area contributed by atoms with Gasteiger partial charge in [-0.25, -0.2) is 0 Å². The topological polar surface area (TPSA) is 4.93 Å². The van der Waals surface area contributed by atoms with Gasteiger partial charge in [0.25, 0.3) is 0 Å². The second-order valence-electron chi connectivity index (χ2n) is 20.6. The number of rotatable bonds is 10. The number of para-hydroxylation sites is 1. The van der Waals surface area contributed by atoms with Crippen molar-refractivity contribution in [2.24, 2.45) is 0 Å². The molecule has 0 spiro atoms. The van der Waals surface area contributed by atoms with E-state index in [9.17, 15) is 2.74 Å². The first kappa shape index (κ1) is 40.2. The Balaban J connectivity index is 1.01. The van der Waals surface area contributed by atoms with Gasteiger partial charge in [-0.05, 0) is 104 Å². The summed E-state index contributed by atoms with van der Waals surface area (Å²) in [6.45, 7) is 0. The molecule has 3 aliphatic carbocycles. The zero-order valence-electron chi connectivity index (χ0n) is 47.2. The minimum Gasteiger partial charge on any atom is -0.309 e.